The maximum absolute atomic E-state index is 13.1. The van der Waals surface area contributed by atoms with Gasteiger partial charge in [-0.15, -0.1) is 0 Å². The Balaban J connectivity index is 0.000000296. The molecule has 3 rings (SSSR count). The third-order valence-corrected chi connectivity index (χ3v) is 7.02. The summed E-state index contributed by atoms with van der Waals surface area (Å²) in [5.41, 5.74) is -0.227. The molecule has 0 radical (unpaired) electrons. The van der Waals surface area contributed by atoms with Crippen LogP contribution < -0.4 is 0 Å². The first-order valence-electron chi connectivity index (χ1n) is 14.6. The van der Waals surface area contributed by atoms with Crippen LogP contribution in [0.4, 0.5) is 0 Å². The van der Waals surface area contributed by atoms with Crippen LogP contribution in [0.3, 0.4) is 0 Å². The van der Waals surface area contributed by atoms with Gasteiger partial charge in [-0.25, -0.2) is 4.79 Å². The molecule has 0 aliphatic rings. The van der Waals surface area contributed by atoms with Gasteiger partial charge in [-0.1, -0.05) is 113 Å². The number of methoxy groups -OCH3 is 1. The third-order valence-electron chi connectivity index (χ3n) is 7.02. The van der Waals surface area contributed by atoms with Gasteiger partial charge in [-0.2, -0.15) is 0 Å². The maximum Gasteiger partial charge on any atom is 0.342 e. The number of phenolic OH excluding ortho intramolecular Hbond substituents is 1. The van der Waals surface area contributed by atoms with Gasteiger partial charge in [-0.3, -0.25) is 9.59 Å². The Bertz CT molecular complexity index is 1150. The lowest BCUT2D eigenvalue weighted by Gasteiger charge is -2.29. The molecule has 0 amide bonds. The number of unbranched alkanes of at least 4 members (excludes halogenated alkanes) is 3. The molecule has 1 unspecified atom stereocenters. The molecule has 0 bridgehead atoms. The molecule has 6 nitrogen and oxygen atoms in total. The lowest BCUT2D eigenvalue weighted by atomic mass is 9.81. The van der Waals surface area contributed by atoms with E-state index < -0.39 is 11.6 Å². The molecule has 0 saturated heterocycles. The van der Waals surface area contributed by atoms with E-state index in [1.54, 1.807) is 66.7 Å². The van der Waals surface area contributed by atoms with Crippen LogP contribution in [0.15, 0.2) is 84.9 Å². The number of aromatic hydroxyl groups is 1. The van der Waals surface area contributed by atoms with E-state index in [9.17, 15) is 19.5 Å². The second-order valence-electron chi connectivity index (χ2n) is 9.97. The lowest BCUT2D eigenvalue weighted by Crippen LogP contribution is -2.48. The van der Waals surface area contributed by atoms with Crippen molar-refractivity contribution in [2.45, 2.75) is 83.8 Å². The number of ether oxygens (including phenoxy) is 2. The number of rotatable bonds is 15. The molecule has 0 aromatic heterocycles. The molecule has 1 N–H and O–H groups in total. The molecule has 0 aliphatic carbocycles. The number of benzene rings is 3. The van der Waals surface area contributed by atoms with Gasteiger partial charge in [0.1, 0.15) is 17.4 Å². The highest BCUT2D eigenvalue weighted by Gasteiger charge is 2.46. The fourth-order valence-corrected chi connectivity index (χ4v) is 4.52. The third kappa shape index (κ3) is 9.68. The number of esters is 1. The lowest BCUT2D eigenvalue weighted by molar-refractivity contribution is 0.00381. The minimum atomic E-state index is -1.46. The van der Waals surface area contributed by atoms with Gasteiger partial charge in [-0.05, 0) is 44.2 Å². The van der Waals surface area contributed by atoms with Gasteiger partial charge < -0.3 is 14.6 Å². The number of ketones is 2. The van der Waals surface area contributed by atoms with Crippen LogP contribution in [-0.2, 0) is 9.47 Å². The van der Waals surface area contributed by atoms with E-state index in [1.807, 2.05) is 26.0 Å². The Morgan fingerprint density at radius 1 is 0.732 bits per heavy atom. The fourth-order valence-electron chi connectivity index (χ4n) is 4.52. The Morgan fingerprint density at radius 3 is 1.71 bits per heavy atom. The van der Waals surface area contributed by atoms with Crippen molar-refractivity contribution in [3.63, 3.8) is 0 Å². The first-order valence-corrected chi connectivity index (χ1v) is 14.6. The Hall–Kier alpha value is -3.77. The van der Waals surface area contributed by atoms with Crippen molar-refractivity contribution < 1.29 is 29.0 Å². The van der Waals surface area contributed by atoms with Crippen molar-refractivity contribution in [3.05, 3.63) is 102 Å². The second kappa shape index (κ2) is 17.8. The molecule has 3 aromatic rings. The quantitative estimate of drug-likeness (QED) is 0.0871. The first kappa shape index (κ1) is 33.4. The molecule has 41 heavy (non-hydrogen) atoms. The van der Waals surface area contributed by atoms with Crippen LogP contribution in [-0.4, -0.2) is 41.5 Å². The number of Topliss-reactive ketones (excluding diaryl/α,β-unsaturated/α-hetero) is 2. The van der Waals surface area contributed by atoms with E-state index in [-0.39, 0.29) is 29.0 Å². The summed E-state index contributed by atoms with van der Waals surface area (Å²) < 4.78 is 11.0. The van der Waals surface area contributed by atoms with E-state index in [0.29, 0.717) is 17.5 Å². The highest BCUT2D eigenvalue weighted by molar-refractivity contribution is 6.22. The zero-order valence-electron chi connectivity index (χ0n) is 24.8. The predicted octanol–water partition coefficient (Wildman–Crippen LogP) is 8.24. The van der Waals surface area contributed by atoms with Gasteiger partial charge >= 0.3 is 5.97 Å². The van der Waals surface area contributed by atoms with E-state index in [4.69, 9.17) is 9.47 Å². The number of carbonyl (C=O) groups is 3. The zero-order chi connectivity index (χ0) is 30.1. The van der Waals surface area contributed by atoms with Crippen LogP contribution in [0.2, 0.25) is 0 Å². The van der Waals surface area contributed by atoms with Crippen molar-refractivity contribution >= 4 is 17.5 Å². The van der Waals surface area contributed by atoms with Crippen LogP contribution in [0, 0.1) is 0 Å². The minimum Gasteiger partial charge on any atom is -0.507 e. The second-order valence-corrected chi connectivity index (χ2v) is 9.97. The Morgan fingerprint density at radius 2 is 1.24 bits per heavy atom. The number of para-hydroxylation sites is 1. The summed E-state index contributed by atoms with van der Waals surface area (Å²) in [6, 6.07) is 24.2. The van der Waals surface area contributed by atoms with Gasteiger partial charge in [0.05, 0.1) is 0 Å². The summed E-state index contributed by atoms with van der Waals surface area (Å²) in [4.78, 5) is 38.0. The predicted molar refractivity (Wildman–Crippen MR) is 163 cm³/mol. The SMILES string of the molecule is CCCCC(OC)(C(=O)c1ccccc1)C(=O)c1ccccc1.CCCCCC(CC)OC(=O)c1ccccc1O. The summed E-state index contributed by atoms with van der Waals surface area (Å²) in [5.74, 6) is -1.01. The summed E-state index contributed by atoms with van der Waals surface area (Å²) in [6.45, 7) is 6.18. The van der Waals surface area contributed by atoms with Crippen LogP contribution in [0.25, 0.3) is 0 Å². The molecule has 6 heteroatoms. The summed E-state index contributed by atoms with van der Waals surface area (Å²) in [5, 5.41) is 9.58. The van der Waals surface area contributed by atoms with E-state index in [1.165, 1.54) is 13.2 Å². The largest absolute Gasteiger partial charge is 0.507 e. The normalized spacial score (nSPS) is 11.6. The van der Waals surface area contributed by atoms with Crippen molar-refractivity contribution in [2.75, 3.05) is 7.11 Å². The van der Waals surface area contributed by atoms with Crippen LogP contribution >= 0.6 is 0 Å². The number of hydrogen-bond acceptors (Lipinski definition) is 6. The average Bonchev–Trinajstić information content (AvgIpc) is 3.02. The highest BCUT2D eigenvalue weighted by Crippen LogP contribution is 2.28. The van der Waals surface area contributed by atoms with E-state index >= 15 is 0 Å². The summed E-state index contributed by atoms with van der Waals surface area (Å²) in [7, 11) is 1.44. The molecular weight excluding hydrogens is 516 g/mol. The molecule has 0 saturated carbocycles. The first-order chi connectivity index (χ1) is 19.8. The molecule has 0 fully saturated rings. The maximum atomic E-state index is 13.1. The van der Waals surface area contributed by atoms with Crippen LogP contribution in [0.5, 0.6) is 5.75 Å². The summed E-state index contributed by atoms with van der Waals surface area (Å²) in [6.07, 6.45) is 7.04. The molecule has 0 aliphatic heterocycles. The number of carbonyl (C=O) groups excluding carboxylic acids is 3. The minimum absolute atomic E-state index is 0.0223. The van der Waals surface area contributed by atoms with Gasteiger partial charge in [0.25, 0.3) is 0 Å². The molecule has 0 spiro atoms. The number of hydrogen-bond donors (Lipinski definition) is 1. The van der Waals surface area contributed by atoms with E-state index in [0.717, 1.165) is 44.9 Å². The summed E-state index contributed by atoms with van der Waals surface area (Å²) >= 11 is 0. The molecular formula is C35H44O6. The Labute approximate surface area is 244 Å². The van der Waals surface area contributed by atoms with Crippen molar-refractivity contribution in [1.29, 1.82) is 0 Å². The van der Waals surface area contributed by atoms with Crippen LogP contribution in [0.1, 0.15) is 103 Å². The van der Waals surface area contributed by atoms with Gasteiger partial charge in [0, 0.05) is 18.2 Å². The van der Waals surface area contributed by atoms with E-state index in [2.05, 4.69) is 6.92 Å². The van der Waals surface area contributed by atoms with Crippen molar-refractivity contribution in [3.8, 4) is 5.75 Å². The van der Waals surface area contributed by atoms with Crippen molar-refractivity contribution in [2.24, 2.45) is 0 Å². The molecule has 1 atom stereocenters. The molecule has 0 heterocycles. The topological polar surface area (TPSA) is 89.9 Å². The molecule has 220 valence electrons. The highest BCUT2D eigenvalue weighted by atomic mass is 16.5. The van der Waals surface area contributed by atoms with Gasteiger partial charge in [0.15, 0.2) is 5.60 Å². The monoisotopic (exact) mass is 560 g/mol. The smallest absolute Gasteiger partial charge is 0.342 e. The average molecular weight is 561 g/mol. The molecule has 3 aromatic carbocycles. The van der Waals surface area contributed by atoms with Gasteiger partial charge in [0.2, 0.25) is 11.6 Å². The Kier molecular flexibility index (Phi) is 14.5. The number of phenols is 1. The van der Waals surface area contributed by atoms with Crippen molar-refractivity contribution in [1.82, 2.24) is 0 Å². The fraction of sp³-hybridized carbons (Fsp3) is 0.400. The standard InChI is InChI=1S/C20H22O3.C15H22O3/c1-3-4-15-20(23-2,18(21)16-11-7-5-8-12-16)19(22)17-13-9-6-10-14-17;1-3-5-6-9-12(4-2)18-15(17)13-10-7-8-11-14(13)16/h5-14H,3-4,15H2,1-2H3;7-8,10-12,16H,3-6,9H2,1-2H3. The zero-order valence-corrected chi connectivity index (χ0v) is 24.8.